The number of aliphatic hydroxyl groups excluding tert-OH is 4. The number of alkyl halides is 1. The summed E-state index contributed by atoms with van der Waals surface area (Å²) in [6.07, 6.45) is -7.99. The predicted octanol–water partition coefficient (Wildman–Crippen LogP) is -2.25. The Hall–Kier alpha value is -0.630. The van der Waals surface area contributed by atoms with Crippen LogP contribution < -0.4 is 0 Å². The van der Waals surface area contributed by atoms with Gasteiger partial charge in [0.1, 0.15) is 18.3 Å². The largest absolute Gasteiger partial charge is 0.394 e. The highest BCUT2D eigenvalue weighted by molar-refractivity contribution is 5.56. The first-order chi connectivity index (χ1) is 5.54. The van der Waals surface area contributed by atoms with Crippen LogP contribution in [0.15, 0.2) is 0 Å². The summed E-state index contributed by atoms with van der Waals surface area (Å²) < 4.78 is 12.3. The normalized spacial score (nSPS) is 19.5. The van der Waals surface area contributed by atoms with Crippen molar-refractivity contribution in [3.8, 4) is 0 Å². The van der Waals surface area contributed by atoms with Crippen LogP contribution in [-0.4, -0.2) is 57.8 Å². The molecule has 0 bridgehead atoms. The lowest BCUT2D eigenvalue weighted by atomic mass is 10.1. The topological polar surface area (TPSA) is 98.0 Å². The molecule has 4 atom stereocenters. The van der Waals surface area contributed by atoms with Crippen LogP contribution in [0.1, 0.15) is 0 Å². The minimum absolute atomic E-state index is 0. The molecule has 0 radical (unpaired) electrons. The second-order valence-corrected chi connectivity index (χ2v) is 2.31. The first-order valence-corrected chi connectivity index (χ1v) is 3.29. The van der Waals surface area contributed by atoms with Crippen LogP contribution >= 0.6 is 0 Å². The average Bonchev–Trinajstić information content (AvgIpc) is 2.12. The molecule has 0 aromatic carbocycles. The third-order valence-corrected chi connectivity index (χ3v) is 1.39. The number of aldehydes is 1. The van der Waals surface area contributed by atoms with Crippen LogP contribution in [0.2, 0.25) is 0 Å². The molecular formula is C6H12F2O5. The Bertz CT molecular complexity index is 145. The van der Waals surface area contributed by atoms with Gasteiger partial charge in [0.2, 0.25) is 0 Å². The molecule has 0 saturated carbocycles. The monoisotopic (exact) mass is 202 g/mol. The van der Waals surface area contributed by atoms with Crippen molar-refractivity contribution in [1.82, 2.24) is 0 Å². The average molecular weight is 202 g/mol. The standard InChI is InChI=1S/C6H11FO5.FH/c7-3(1-8)5(11)6(12)4(10)2-9;/h1,3-6,9-12H,2H2;1H/t3-,4+,5+,6+;/m0./s1. The van der Waals surface area contributed by atoms with Gasteiger partial charge in [-0.25, -0.2) is 4.39 Å². The molecule has 80 valence electrons. The van der Waals surface area contributed by atoms with Gasteiger partial charge in [0.15, 0.2) is 12.5 Å². The SMILES string of the molecule is F.O=C[C@H](F)[C@@H](O)[C@H](O)[C@H](O)CO. The van der Waals surface area contributed by atoms with Crippen molar-refractivity contribution in [3.05, 3.63) is 0 Å². The van der Waals surface area contributed by atoms with Gasteiger partial charge in [0.25, 0.3) is 0 Å². The number of hydrogen-bond acceptors (Lipinski definition) is 5. The van der Waals surface area contributed by atoms with E-state index < -0.39 is 31.1 Å². The predicted molar refractivity (Wildman–Crippen MR) is 38.6 cm³/mol. The zero-order chi connectivity index (χ0) is 9.72. The van der Waals surface area contributed by atoms with Crippen molar-refractivity contribution in [3.63, 3.8) is 0 Å². The van der Waals surface area contributed by atoms with E-state index in [0.717, 1.165) is 0 Å². The minimum atomic E-state index is -2.26. The van der Waals surface area contributed by atoms with Gasteiger partial charge in [0, 0.05) is 0 Å². The Balaban J connectivity index is 0. The fraction of sp³-hybridized carbons (Fsp3) is 0.833. The lowest BCUT2D eigenvalue weighted by Gasteiger charge is -2.21. The zero-order valence-corrected chi connectivity index (χ0v) is 6.58. The Morgan fingerprint density at radius 2 is 1.69 bits per heavy atom. The molecule has 7 heteroatoms. The van der Waals surface area contributed by atoms with Gasteiger partial charge in [-0.3, -0.25) is 4.70 Å². The van der Waals surface area contributed by atoms with Crippen LogP contribution in [0.3, 0.4) is 0 Å². The molecule has 0 aliphatic rings. The third-order valence-electron chi connectivity index (χ3n) is 1.39. The third kappa shape index (κ3) is 4.23. The summed E-state index contributed by atoms with van der Waals surface area (Å²) in [5, 5.41) is 34.6. The fourth-order valence-corrected chi connectivity index (χ4v) is 0.604. The van der Waals surface area contributed by atoms with E-state index in [9.17, 15) is 9.18 Å². The first kappa shape index (κ1) is 14.9. The maximum atomic E-state index is 12.3. The summed E-state index contributed by atoms with van der Waals surface area (Å²) in [4.78, 5) is 9.77. The lowest BCUT2D eigenvalue weighted by Crippen LogP contribution is -2.44. The van der Waals surface area contributed by atoms with Gasteiger partial charge in [-0.05, 0) is 0 Å². The van der Waals surface area contributed by atoms with E-state index in [-0.39, 0.29) is 11.0 Å². The number of carbonyl (C=O) groups excluding carboxylic acids is 1. The summed E-state index contributed by atoms with van der Waals surface area (Å²) in [5.74, 6) is 0. The van der Waals surface area contributed by atoms with E-state index in [4.69, 9.17) is 20.4 Å². The molecule has 0 amide bonds. The molecule has 0 unspecified atom stereocenters. The summed E-state index contributed by atoms with van der Waals surface area (Å²) >= 11 is 0. The summed E-state index contributed by atoms with van der Waals surface area (Å²) in [5.41, 5.74) is 0. The van der Waals surface area contributed by atoms with Gasteiger partial charge in [-0.2, -0.15) is 0 Å². The Labute approximate surface area is 72.8 Å². The van der Waals surface area contributed by atoms with Crippen molar-refractivity contribution in [1.29, 1.82) is 0 Å². The van der Waals surface area contributed by atoms with Crippen LogP contribution in [0.25, 0.3) is 0 Å². The minimum Gasteiger partial charge on any atom is -0.394 e. The molecule has 0 aromatic rings. The number of aliphatic hydroxyl groups is 4. The highest BCUT2D eigenvalue weighted by Gasteiger charge is 2.30. The number of hydrogen-bond donors (Lipinski definition) is 4. The number of carbonyl (C=O) groups is 1. The summed E-state index contributed by atoms with van der Waals surface area (Å²) in [7, 11) is 0. The van der Waals surface area contributed by atoms with E-state index in [1.165, 1.54) is 0 Å². The number of rotatable bonds is 5. The molecular weight excluding hydrogens is 190 g/mol. The first-order valence-electron chi connectivity index (χ1n) is 3.29. The molecule has 5 nitrogen and oxygen atoms in total. The molecule has 13 heavy (non-hydrogen) atoms. The maximum absolute atomic E-state index is 12.3. The van der Waals surface area contributed by atoms with Crippen LogP contribution in [-0.2, 0) is 4.79 Å². The van der Waals surface area contributed by atoms with Crippen molar-refractivity contribution in [2.75, 3.05) is 6.61 Å². The van der Waals surface area contributed by atoms with Gasteiger partial charge < -0.3 is 25.2 Å². The molecule has 0 spiro atoms. The Kier molecular flexibility index (Phi) is 7.82. The van der Waals surface area contributed by atoms with E-state index >= 15 is 0 Å². The van der Waals surface area contributed by atoms with Gasteiger partial charge in [-0.15, -0.1) is 0 Å². The van der Waals surface area contributed by atoms with Crippen molar-refractivity contribution >= 4 is 6.29 Å². The molecule has 4 N–H and O–H groups in total. The van der Waals surface area contributed by atoms with E-state index in [2.05, 4.69) is 0 Å². The molecule has 0 saturated heterocycles. The van der Waals surface area contributed by atoms with Crippen LogP contribution in [0, 0.1) is 0 Å². The molecule has 0 aliphatic carbocycles. The van der Waals surface area contributed by atoms with Crippen molar-refractivity contribution < 1.29 is 34.3 Å². The molecule has 0 rings (SSSR count). The van der Waals surface area contributed by atoms with E-state index in [1.807, 2.05) is 0 Å². The smallest absolute Gasteiger partial charge is 0.183 e. The molecule has 0 aromatic heterocycles. The second kappa shape index (κ2) is 6.84. The van der Waals surface area contributed by atoms with Crippen LogP contribution in [0.4, 0.5) is 9.09 Å². The van der Waals surface area contributed by atoms with Gasteiger partial charge in [0.05, 0.1) is 6.61 Å². The van der Waals surface area contributed by atoms with Crippen molar-refractivity contribution in [2.24, 2.45) is 0 Å². The molecule has 0 heterocycles. The Morgan fingerprint density at radius 3 is 2.00 bits per heavy atom. The quantitative estimate of drug-likeness (QED) is 0.377. The number of halogens is 2. The second-order valence-electron chi connectivity index (χ2n) is 2.31. The van der Waals surface area contributed by atoms with Crippen LogP contribution in [0.5, 0.6) is 0 Å². The zero-order valence-electron chi connectivity index (χ0n) is 6.58. The fourth-order valence-electron chi connectivity index (χ4n) is 0.604. The molecule has 0 fully saturated rings. The Morgan fingerprint density at radius 1 is 1.23 bits per heavy atom. The highest BCUT2D eigenvalue weighted by Crippen LogP contribution is 2.05. The molecule has 0 aliphatic heterocycles. The summed E-state index contributed by atoms with van der Waals surface area (Å²) in [6, 6.07) is 0. The lowest BCUT2D eigenvalue weighted by molar-refractivity contribution is -0.127. The highest BCUT2D eigenvalue weighted by atomic mass is 19.1. The van der Waals surface area contributed by atoms with Gasteiger partial charge >= 0.3 is 0 Å². The summed E-state index contributed by atoms with van der Waals surface area (Å²) in [6.45, 7) is -0.816. The van der Waals surface area contributed by atoms with E-state index in [1.54, 1.807) is 0 Å². The van der Waals surface area contributed by atoms with Crippen molar-refractivity contribution in [2.45, 2.75) is 24.5 Å². The van der Waals surface area contributed by atoms with E-state index in [0.29, 0.717) is 0 Å². The van der Waals surface area contributed by atoms with Gasteiger partial charge in [-0.1, -0.05) is 0 Å². The maximum Gasteiger partial charge on any atom is 0.183 e.